The van der Waals surface area contributed by atoms with Crippen LogP contribution in [0.15, 0.2) is 23.2 Å². The fourth-order valence-electron chi connectivity index (χ4n) is 2.11. The van der Waals surface area contributed by atoms with Gasteiger partial charge in [0.1, 0.15) is 5.82 Å². The maximum absolute atomic E-state index is 13.8. The minimum atomic E-state index is -0.327. The maximum Gasteiger partial charge on any atom is 0.230 e. The van der Waals surface area contributed by atoms with Gasteiger partial charge in [0.2, 0.25) is 5.95 Å². The van der Waals surface area contributed by atoms with Crippen LogP contribution >= 0.6 is 0 Å². The number of fused-ring (bicyclic) bond motifs is 1. The molecular formula is C15H21FN6. The van der Waals surface area contributed by atoms with Gasteiger partial charge in [-0.1, -0.05) is 6.07 Å². The molecule has 22 heavy (non-hydrogen) atoms. The number of benzene rings is 1. The summed E-state index contributed by atoms with van der Waals surface area (Å²) in [5, 5.41) is 3.28. The number of halogens is 1. The molecule has 2 aromatic rings. The molecule has 0 aliphatic rings. The number of nitrogens with two attached hydrogens (primary N) is 1. The maximum atomic E-state index is 13.8. The number of nitrogens with zero attached hydrogens (tertiary/aromatic N) is 4. The zero-order valence-corrected chi connectivity index (χ0v) is 13.1. The van der Waals surface area contributed by atoms with Crippen LogP contribution in [0.3, 0.4) is 0 Å². The van der Waals surface area contributed by atoms with Gasteiger partial charge in [-0.15, -0.1) is 0 Å². The van der Waals surface area contributed by atoms with Crippen molar-refractivity contribution in [2.75, 3.05) is 32.5 Å². The first-order valence-corrected chi connectivity index (χ1v) is 7.12. The zero-order valence-electron chi connectivity index (χ0n) is 13.1. The Kier molecular flexibility index (Phi) is 5.21. The van der Waals surface area contributed by atoms with Crippen LogP contribution in [0.2, 0.25) is 0 Å². The first-order valence-electron chi connectivity index (χ1n) is 7.12. The molecule has 6 nitrogen and oxygen atoms in total. The van der Waals surface area contributed by atoms with Crippen LogP contribution in [0.1, 0.15) is 12.1 Å². The first-order chi connectivity index (χ1) is 10.5. The van der Waals surface area contributed by atoms with E-state index in [-0.39, 0.29) is 11.8 Å². The molecule has 0 aliphatic carbocycles. The predicted molar refractivity (Wildman–Crippen MR) is 87.5 cm³/mol. The highest BCUT2D eigenvalue weighted by Gasteiger charge is 2.09. The Bertz CT molecular complexity index is 683. The molecule has 0 saturated carbocycles. The Morgan fingerprint density at radius 2 is 2.14 bits per heavy atom. The second-order valence-corrected chi connectivity index (χ2v) is 5.32. The smallest absolute Gasteiger partial charge is 0.230 e. The number of aliphatic imine (C=N–C) groups is 1. The molecule has 0 unspecified atom stereocenters. The van der Waals surface area contributed by atoms with Gasteiger partial charge in [-0.3, -0.25) is 10.3 Å². The summed E-state index contributed by atoms with van der Waals surface area (Å²) in [6, 6.07) is 4.75. The molecule has 2 rings (SSSR count). The Labute approximate surface area is 129 Å². The monoisotopic (exact) mass is 304 g/mol. The van der Waals surface area contributed by atoms with Crippen LogP contribution < -0.4 is 11.1 Å². The predicted octanol–water partition coefficient (Wildman–Crippen LogP) is 1.76. The highest BCUT2D eigenvalue weighted by Crippen LogP contribution is 2.20. The van der Waals surface area contributed by atoms with Crippen LogP contribution in [-0.4, -0.2) is 48.0 Å². The summed E-state index contributed by atoms with van der Waals surface area (Å²) < 4.78 is 13.8. The van der Waals surface area contributed by atoms with E-state index < -0.39 is 0 Å². The molecule has 0 radical (unpaired) electrons. The summed E-state index contributed by atoms with van der Waals surface area (Å²) in [4.78, 5) is 14.8. The summed E-state index contributed by atoms with van der Waals surface area (Å²) in [7, 11) is 4.02. The first kappa shape index (κ1) is 16.1. The van der Waals surface area contributed by atoms with Crippen molar-refractivity contribution in [1.29, 1.82) is 0 Å². The van der Waals surface area contributed by atoms with Gasteiger partial charge in [0.05, 0.1) is 16.6 Å². The molecule has 118 valence electrons. The van der Waals surface area contributed by atoms with E-state index in [2.05, 4.69) is 25.2 Å². The lowest BCUT2D eigenvalue weighted by molar-refractivity contribution is 0.403. The summed E-state index contributed by atoms with van der Waals surface area (Å²) in [5.41, 5.74) is 6.92. The Hall–Kier alpha value is -2.28. The quantitative estimate of drug-likeness (QED) is 0.500. The van der Waals surface area contributed by atoms with E-state index in [0.717, 1.165) is 13.0 Å². The molecule has 0 aliphatic heterocycles. The lowest BCUT2D eigenvalue weighted by atomic mass is 10.2. The van der Waals surface area contributed by atoms with Gasteiger partial charge in [-0.2, -0.15) is 0 Å². The van der Waals surface area contributed by atoms with Gasteiger partial charge in [-0.25, -0.2) is 14.4 Å². The fourth-order valence-corrected chi connectivity index (χ4v) is 2.11. The lowest BCUT2D eigenvalue weighted by Gasteiger charge is -2.09. The summed E-state index contributed by atoms with van der Waals surface area (Å²) in [6.45, 7) is 3.31. The lowest BCUT2D eigenvalue weighted by Crippen LogP contribution is -2.25. The number of hydrogen-bond acceptors (Lipinski definition) is 4. The molecule has 1 aromatic heterocycles. The Morgan fingerprint density at radius 1 is 1.36 bits per heavy atom. The van der Waals surface area contributed by atoms with Crippen LogP contribution in [-0.2, 0) is 0 Å². The van der Waals surface area contributed by atoms with Crippen molar-refractivity contribution in [2.24, 2.45) is 10.7 Å². The second-order valence-electron chi connectivity index (χ2n) is 5.32. The van der Waals surface area contributed by atoms with E-state index in [0.29, 0.717) is 29.1 Å². The summed E-state index contributed by atoms with van der Waals surface area (Å²) in [5.74, 6) is 0.255. The van der Waals surface area contributed by atoms with Crippen LogP contribution in [0.25, 0.3) is 10.9 Å². The van der Waals surface area contributed by atoms with Crippen molar-refractivity contribution < 1.29 is 4.39 Å². The minimum absolute atomic E-state index is 0.258. The molecule has 1 aromatic carbocycles. The van der Waals surface area contributed by atoms with Crippen molar-refractivity contribution in [3.8, 4) is 0 Å². The van der Waals surface area contributed by atoms with Gasteiger partial charge >= 0.3 is 0 Å². The molecule has 0 fully saturated rings. The number of guanidine groups is 1. The van der Waals surface area contributed by atoms with E-state index in [1.54, 1.807) is 19.1 Å². The van der Waals surface area contributed by atoms with Crippen molar-refractivity contribution in [3.05, 3.63) is 29.7 Å². The third-order valence-corrected chi connectivity index (χ3v) is 3.14. The molecule has 0 bridgehead atoms. The minimum Gasteiger partial charge on any atom is -0.370 e. The third-order valence-electron chi connectivity index (χ3n) is 3.14. The van der Waals surface area contributed by atoms with Crippen molar-refractivity contribution in [3.63, 3.8) is 0 Å². The van der Waals surface area contributed by atoms with E-state index >= 15 is 0 Å². The molecule has 0 atom stereocenters. The SMILES string of the molecule is Cc1nc(NC(N)=NCCCN(C)C)nc2cccc(F)c12. The molecule has 7 heteroatoms. The summed E-state index contributed by atoms with van der Waals surface area (Å²) in [6.07, 6.45) is 0.915. The number of aromatic nitrogens is 2. The molecule has 0 spiro atoms. The number of rotatable bonds is 5. The van der Waals surface area contributed by atoms with Crippen LogP contribution in [0.5, 0.6) is 0 Å². The Morgan fingerprint density at radius 3 is 2.86 bits per heavy atom. The average Bonchev–Trinajstić information content (AvgIpc) is 2.43. The topological polar surface area (TPSA) is 79.4 Å². The van der Waals surface area contributed by atoms with Gasteiger partial charge in [0.15, 0.2) is 5.96 Å². The van der Waals surface area contributed by atoms with E-state index in [4.69, 9.17) is 5.73 Å². The van der Waals surface area contributed by atoms with Crippen LogP contribution in [0.4, 0.5) is 10.3 Å². The van der Waals surface area contributed by atoms with E-state index in [1.807, 2.05) is 14.1 Å². The van der Waals surface area contributed by atoms with Crippen molar-refractivity contribution in [1.82, 2.24) is 14.9 Å². The van der Waals surface area contributed by atoms with Gasteiger partial charge in [0.25, 0.3) is 0 Å². The average molecular weight is 304 g/mol. The highest BCUT2D eigenvalue weighted by molar-refractivity contribution is 5.92. The number of anilines is 1. The van der Waals surface area contributed by atoms with Gasteiger partial charge in [-0.05, 0) is 46.1 Å². The Balaban J connectivity index is 2.10. The largest absolute Gasteiger partial charge is 0.370 e. The van der Waals surface area contributed by atoms with Crippen molar-refractivity contribution in [2.45, 2.75) is 13.3 Å². The zero-order chi connectivity index (χ0) is 16.1. The normalized spacial score (nSPS) is 12.1. The van der Waals surface area contributed by atoms with Crippen molar-refractivity contribution >= 4 is 22.8 Å². The second kappa shape index (κ2) is 7.13. The number of hydrogen-bond donors (Lipinski definition) is 2. The fraction of sp³-hybridized carbons (Fsp3) is 0.400. The van der Waals surface area contributed by atoms with E-state index in [9.17, 15) is 4.39 Å². The molecule has 1 heterocycles. The highest BCUT2D eigenvalue weighted by atomic mass is 19.1. The third kappa shape index (κ3) is 4.11. The number of aryl methyl sites for hydroxylation is 1. The molecule has 3 N–H and O–H groups in total. The molecule has 0 amide bonds. The van der Waals surface area contributed by atoms with E-state index in [1.165, 1.54) is 6.07 Å². The standard InChI is InChI=1S/C15H21FN6/c1-10-13-11(16)6-4-7-12(13)20-15(19-10)21-14(17)18-8-5-9-22(2)3/h4,6-7H,5,8-9H2,1-3H3,(H3,17,18,19,20,21). The molecule has 0 saturated heterocycles. The van der Waals surface area contributed by atoms with Gasteiger partial charge < -0.3 is 10.6 Å². The number of nitrogens with one attached hydrogen (secondary N) is 1. The molecular weight excluding hydrogens is 283 g/mol. The van der Waals surface area contributed by atoms with Gasteiger partial charge in [0, 0.05) is 6.54 Å². The van der Waals surface area contributed by atoms with Crippen LogP contribution in [0, 0.1) is 12.7 Å². The summed E-state index contributed by atoms with van der Waals surface area (Å²) >= 11 is 0.